The van der Waals surface area contributed by atoms with Crippen molar-refractivity contribution in [2.75, 3.05) is 12.3 Å². The summed E-state index contributed by atoms with van der Waals surface area (Å²) in [5.74, 6) is 0.165. The van der Waals surface area contributed by atoms with Gasteiger partial charge in [0.1, 0.15) is 5.82 Å². The molecule has 10 heteroatoms. The number of ether oxygens (including phenoxy) is 1. The van der Waals surface area contributed by atoms with E-state index in [0.717, 1.165) is 22.7 Å². The Morgan fingerprint density at radius 3 is 2.72 bits per heavy atom. The molecule has 0 aliphatic carbocycles. The number of hydrogen-bond donors (Lipinski definition) is 1. The number of anilines is 1. The second-order valence-electron chi connectivity index (χ2n) is 7.69. The van der Waals surface area contributed by atoms with Gasteiger partial charge in [0.05, 0.1) is 42.9 Å². The number of pyridine rings is 1. The zero-order valence-corrected chi connectivity index (χ0v) is 17.6. The summed E-state index contributed by atoms with van der Waals surface area (Å²) in [6.45, 7) is 4.67. The molecule has 1 aromatic carbocycles. The Hall–Kier alpha value is -3.27. The van der Waals surface area contributed by atoms with Gasteiger partial charge in [0, 0.05) is 23.1 Å². The quantitative estimate of drug-likeness (QED) is 0.630. The number of nitrogens with zero attached hydrogens (tertiary/aromatic N) is 4. The first-order chi connectivity index (χ1) is 15.2. The lowest BCUT2D eigenvalue weighted by Crippen LogP contribution is -2.31. The fourth-order valence-corrected chi connectivity index (χ4v) is 3.88. The van der Waals surface area contributed by atoms with Crippen LogP contribution in [0.5, 0.6) is 0 Å². The Bertz CT molecular complexity index is 1160. The van der Waals surface area contributed by atoms with Crippen LogP contribution in [-0.2, 0) is 24.1 Å². The number of nitrogens with two attached hydrogens (primary N) is 1. The summed E-state index contributed by atoms with van der Waals surface area (Å²) in [5, 5.41) is 0.801. The normalized spacial score (nSPS) is 15.7. The topological polar surface area (TPSA) is 94.2 Å². The van der Waals surface area contributed by atoms with E-state index in [4.69, 9.17) is 10.5 Å². The molecule has 2 aromatic heterocycles. The summed E-state index contributed by atoms with van der Waals surface area (Å²) in [5.41, 5.74) is 8.17. The van der Waals surface area contributed by atoms with Crippen molar-refractivity contribution in [2.24, 2.45) is 0 Å². The summed E-state index contributed by atoms with van der Waals surface area (Å²) in [4.78, 5) is 26.5. The predicted octanol–water partition coefficient (Wildman–Crippen LogP) is 4.27. The number of rotatable bonds is 5. The molecule has 3 heterocycles. The molecule has 0 radical (unpaired) electrons. The number of aromatic nitrogens is 3. The summed E-state index contributed by atoms with van der Waals surface area (Å²) in [6, 6.07) is 5.18. The molecule has 0 unspecified atom stereocenters. The van der Waals surface area contributed by atoms with Crippen LogP contribution in [0.15, 0.2) is 30.6 Å². The van der Waals surface area contributed by atoms with Gasteiger partial charge in [-0.1, -0.05) is 6.92 Å². The lowest BCUT2D eigenvalue weighted by molar-refractivity contribution is -0.141. The second kappa shape index (κ2) is 8.34. The minimum atomic E-state index is -4.56. The van der Waals surface area contributed by atoms with Crippen molar-refractivity contribution in [1.82, 2.24) is 19.9 Å². The van der Waals surface area contributed by atoms with E-state index in [9.17, 15) is 18.0 Å². The van der Waals surface area contributed by atoms with Gasteiger partial charge in [-0.15, -0.1) is 0 Å². The fourth-order valence-electron chi connectivity index (χ4n) is 3.88. The van der Waals surface area contributed by atoms with Gasteiger partial charge in [-0.2, -0.15) is 13.2 Å². The molecule has 168 valence electrons. The van der Waals surface area contributed by atoms with Gasteiger partial charge in [-0.05, 0) is 37.1 Å². The zero-order chi connectivity index (χ0) is 23.0. The van der Waals surface area contributed by atoms with E-state index in [1.165, 1.54) is 0 Å². The largest absolute Gasteiger partial charge is 0.434 e. The lowest BCUT2D eigenvalue weighted by Gasteiger charge is -2.22. The Morgan fingerprint density at radius 1 is 1.28 bits per heavy atom. The first-order valence-corrected chi connectivity index (χ1v) is 10.2. The van der Waals surface area contributed by atoms with Gasteiger partial charge in [-0.25, -0.2) is 9.97 Å². The summed E-state index contributed by atoms with van der Waals surface area (Å²) in [6.07, 6.45) is -2.32. The SMILES string of the molecule is CCCN(Cc1cnc(C(F)(F)F)cn1)C(=O)c1ccc2nc(N)c3c(c2c1)CO[C@@H]3C. The van der Waals surface area contributed by atoms with Crippen molar-refractivity contribution in [3.8, 4) is 0 Å². The van der Waals surface area contributed by atoms with Gasteiger partial charge in [0.15, 0.2) is 5.69 Å². The van der Waals surface area contributed by atoms with E-state index in [0.29, 0.717) is 42.7 Å². The Morgan fingerprint density at radius 2 is 2.06 bits per heavy atom. The van der Waals surface area contributed by atoms with Gasteiger partial charge >= 0.3 is 6.18 Å². The average Bonchev–Trinajstić information content (AvgIpc) is 3.15. The number of amides is 1. The highest BCUT2D eigenvalue weighted by Gasteiger charge is 2.33. The van der Waals surface area contributed by atoms with E-state index in [2.05, 4.69) is 15.0 Å². The number of fused-ring (bicyclic) bond motifs is 3. The molecular formula is C22H22F3N5O2. The molecular weight excluding hydrogens is 423 g/mol. The summed E-state index contributed by atoms with van der Waals surface area (Å²) >= 11 is 0. The molecule has 1 aliphatic rings. The molecule has 4 rings (SSSR count). The molecule has 1 aliphatic heterocycles. The highest BCUT2D eigenvalue weighted by Crippen LogP contribution is 2.38. The van der Waals surface area contributed by atoms with Crippen molar-refractivity contribution in [3.63, 3.8) is 0 Å². The number of benzene rings is 1. The molecule has 0 bridgehead atoms. The number of carbonyl (C=O) groups excluding carboxylic acids is 1. The monoisotopic (exact) mass is 445 g/mol. The van der Waals surface area contributed by atoms with Gasteiger partial charge < -0.3 is 15.4 Å². The van der Waals surface area contributed by atoms with Crippen LogP contribution < -0.4 is 5.73 Å². The third kappa shape index (κ3) is 4.10. The first kappa shape index (κ1) is 21.9. The van der Waals surface area contributed by atoms with Crippen LogP contribution in [-0.4, -0.2) is 32.3 Å². The fraction of sp³-hybridized carbons (Fsp3) is 0.364. The van der Waals surface area contributed by atoms with E-state index >= 15 is 0 Å². The Kier molecular flexibility index (Phi) is 5.72. The first-order valence-electron chi connectivity index (χ1n) is 10.2. The minimum absolute atomic E-state index is 0.0497. The number of halogens is 3. The second-order valence-corrected chi connectivity index (χ2v) is 7.69. The maximum Gasteiger partial charge on any atom is 0.434 e. The molecule has 1 amide bonds. The van der Waals surface area contributed by atoms with Crippen LogP contribution in [0.25, 0.3) is 10.9 Å². The van der Waals surface area contributed by atoms with Crippen LogP contribution >= 0.6 is 0 Å². The van der Waals surface area contributed by atoms with Crippen LogP contribution in [0, 0.1) is 0 Å². The number of carbonyl (C=O) groups is 1. The highest BCUT2D eigenvalue weighted by atomic mass is 19.4. The maximum atomic E-state index is 13.3. The number of nitrogen functional groups attached to an aromatic ring is 1. The smallest absolute Gasteiger partial charge is 0.383 e. The van der Waals surface area contributed by atoms with Crippen molar-refractivity contribution < 1.29 is 22.7 Å². The molecule has 0 saturated heterocycles. The number of alkyl halides is 3. The van der Waals surface area contributed by atoms with E-state index in [-0.39, 0.29) is 24.2 Å². The van der Waals surface area contributed by atoms with Gasteiger partial charge in [0.25, 0.3) is 5.91 Å². The van der Waals surface area contributed by atoms with Gasteiger partial charge in [-0.3, -0.25) is 9.78 Å². The summed E-state index contributed by atoms with van der Waals surface area (Å²) < 4.78 is 43.9. The van der Waals surface area contributed by atoms with Crippen LogP contribution in [0.3, 0.4) is 0 Å². The third-order valence-electron chi connectivity index (χ3n) is 5.42. The van der Waals surface area contributed by atoms with Crippen LogP contribution in [0.1, 0.15) is 59.2 Å². The van der Waals surface area contributed by atoms with Crippen LogP contribution in [0.2, 0.25) is 0 Å². The molecule has 0 saturated carbocycles. The molecule has 32 heavy (non-hydrogen) atoms. The molecule has 0 spiro atoms. The molecule has 2 N–H and O–H groups in total. The van der Waals surface area contributed by atoms with Gasteiger partial charge in [0.2, 0.25) is 0 Å². The third-order valence-corrected chi connectivity index (χ3v) is 5.42. The lowest BCUT2D eigenvalue weighted by atomic mass is 10.00. The van der Waals surface area contributed by atoms with Crippen molar-refractivity contribution in [2.45, 2.75) is 45.7 Å². The molecule has 1 atom stereocenters. The van der Waals surface area contributed by atoms with Crippen LogP contribution in [0.4, 0.5) is 19.0 Å². The maximum absolute atomic E-state index is 13.3. The molecule has 7 nitrogen and oxygen atoms in total. The Labute approximate surface area is 182 Å². The van der Waals surface area contributed by atoms with Crippen molar-refractivity contribution in [1.29, 1.82) is 0 Å². The van der Waals surface area contributed by atoms with E-state index in [1.54, 1.807) is 23.1 Å². The minimum Gasteiger partial charge on any atom is -0.383 e. The molecule has 3 aromatic rings. The standard InChI is InChI=1S/C22H22F3N5O2/c1-3-6-30(10-14-8-28-18(9-27-14)22(23,24)25)21(31)13-4-5-17-15(7-13)16-11-32-12(2)19(16)20(26)29-17/h4-5,7-9,12H,3,6,10-11H2,1-2H3,(H2,26,29)/t12-/m1/s1. The van der Waals surface area contributed by atoms with Crippen molar-refractivity contribution in [3.05, 3.63) is 58.7 Å². The summed E-state index contributed by atoms with van der Waals surface area (Å²) in [7, 11) is 0. The molecule has 0 fully saturated rings. The van der Waals surface area contributed by atoms with E-state index in [1.807, 2.05) is 13.8 Å². The highest BCUT2D eigenvalue weighted by molar-refractivity contribution is 5.99. The van der Waals surface area contributed by atoms with Crippen molar-refractivity contribution >= 4 is 22.6 Å². The zero-order valence-electron chi connectivity index (χ0n) is 17.6. The Balaban J connectivity index is 1.64. The number of hydrogen-bond acceptors (Lipinski definition) is 6. The predicted molar refractivity (Wildman–Crippen MR) is 111 cm³/mol. The van der Waals surface area contributed by atoms with E-state index < -0.39 is 11.9 Å². The average molecular weight is 445 g/mol.